The van der Waals surface area contributed by atoms with Gasteiger partial charge in [-0.3, -0.25) is 0 Å². The molecule has 1 aromatic heterocycles. The second kappa shape index (κ2) is 5.64. The lowest BCUT2D eigenvalue weighted by Gasteiger charge is -2.34. The molecule has 1 aliphatic carbocycles. The van der Waals surface area contributed by atoms with Gasteiger partial charge in [-0.05, 0) is 33.0 Å². The van der Waals surface area contributed by atoms with Gasteiger partial charge in [-0.2, -0.15) is 0 Å². The molecule has 0 saturated heterocycles. The molecule has 1 heteroatoms. The van der Waals surface area contributed by atoms with Gasteiger partial charge in [-0.25, -0.2) is 0 Å². The third kappa shape index (κ3) is 1.96. The summed E-state index contributed by atoms with van der Waals surface area (Å²) >= 11 is 0. The molecule has 0 amide bonds. The minimum atomic E-state index is -0.162. The van der Waals surface area contributed by atoms with Gasteiger partial charge in [-0.1, -0.05) is 103 Å². The van der Waals surface area contributed by atoms with Gasteiger partial charge in [0, 0.05) is 9.12 Å². The molecular weight excluding hydrogens is 316 g/mol. The Bertz CT molecular complexity index is 949. The smallest absolute Gasteiger partial charge is 0.0671 e. The Hall–Kier alpha value is -2.77. The molecule has 0 spiro atoms. The Labute approximate surface area is 150 Å². The maximum atomic E-state index is 2.37. The Balaban J connectivity index is 1.98. The van der Waals surface area contributed by atoms with Gasteiger partial charge in [0.25, 0.3) is 0 Å². The summed E-state index contributed by atoms with van der Waals surface area (Å²) in [5.74, 6) is 0. The largest absolute Gasteiger partial charge is 0.0801 e. The predicted molar refractivity (Wildman–Crippen MR) is 106 cm³/mol. The lowest BCUT2D eigenvalue weighted by atomic mass is 9.70. The van der Waals surface area contributed by atoms with Crippen molar-refractivity contribution in [2.24, 2.45) is 0 Å². The van der Waals surface area contributed by atoms with Crippen LogP contribution >= 0.6 is 0 Å². The zero-order valence-electron chi connectivity index (χ0n) is 13.9. The van der Waals surface area contributed by atoms with Gasteiger partial charge in [0.15, 0.2) is 0 Å². The van der Waals surface area contributed by atoms with Crippen LogP contribution in [0, 0.1) is 0 Å². The molecular formula is C24H18Si. The molecule has 0 fully saturated rings. The van der Waals surface area contributed by atoms with E-state index in [2.05, 4.69) is 103 Å². The van der Waals surface area contributed by atoms with Crippen molar-refractivity contribution in [3.8, 4) is 11.1 Å². The van der Waals surface area contributed by atoms with E-state index in [1.807, 2.05) is 0 Å². The zero-order valence-corrected chi connectivity index (χ0v) is 15.0. The van der Waals surface area contributed by atoms with Gasteiger partial charge in [0.05, 0.1) is 5.41 Å². The zero-order chi connectivity index (χ0) is 16.7. The van der Waals surface area contributed by atoms with Crippen LogP contribution in [0.2, 0.25) is 0 Å². The molecule has 25 heavy (non-hydrogen) atoms. The minimum absolute atomic E-state index is 0.126. The first-order valence-electron chi connectivity index (χ1n) is 8.73. The summed E-state index contributed by atoms with van der Waals surface area (Å²) in [4.78, 5) is 0. The third-order valence-corrected chi connectivity index (χ3v) is 6.86. The summed E-state index contributed by atoms with van der Waals surface area (Å²) in [6.45, 7) is 0. The average Bonchev–Trinajstić information content (AvgIpc) is 3.01. The number of hydrogen-bond donors (Lipinski definition) is 0. The van der Waals surface area contributed by atoms with Crippen molar-refractivity contribution in [3.05, 3.63) is 125 Å². The molecule has 0 N–H and O–H groups in total. The highest BCUT2D eigenvalue weighted by atomic mass is 28.2. The molecule has 1 heterocycles. The molecule has 118 valence electrons. The van der Waals surface area contributed by atoms with Crippen LogP contribution < -0.4 is 0 Å². The number of rotatable bonds is 2. The quantitative estimate of drug-likeness (QED) is 0.393. The van der Waals surface area contributed by atoms with Gasteiger partial charge in [-0.15, -0.1) is 0 Å². The van der Waals surface area contributed by atoms with Crippen LogP contribution in [0.25, 0.3) is 11.1 Å². The fraction of sp³-hybridized carbons (Fsp3) is 0.0417. The number of fused-ring (bicyclic) bond motifs is 3. The first-order valence-corrected chi connectivity index (χ1v) is 9.97. The van der Waals surface area contributed by atoms with E-state index >= 15 is 0 Å². The highest BCUT2D eigenvalue weighted by Gasteiger charge is 2.45. The molecule has 0 saturated carbocycles. The van der Waals surface area contributed by atoms with Gasteiger partial charge < -0.3 is 0 Å². The van der Waals surface area contributed by atoms with E-state index in [-0.39, 0.29) is 14.5 Å². The second-order valence-corrected chi connectivity index (χ2v) is 7.87. The minimum Gasteiger partial charge on any atom is -0.0801 e. The van der Waals surface area contributed by atoms with Gasteiger partial charge in [0.2, 0.25) is 0 Å². The third-order valence-electron chi connectivity index (χ3n) is 5.37. The van der Waals surface area contributed by atoms with E-state index in [1.54, 1.807) is 5.17 Å². The molecule has 0 radical (unpaired) electrons. The lowest BCUT2D eigenvalue weighted by molar-refractivity contribution is 0.782. The fourth-order valence-corrected chi connectivity index (χ4v) is 5.98. The topological polar surface area (TPSA) is 0 Å². The summed E-state index contributed by atoms with van der Waals surface area (Å²) in [5.41, 5.74) is 9.19. The van der Waals surface area contributed by atoms with E-state index < -0.39 is 0 Å². The Morgan fingerprint density at radius 1 is 0.520 bits per heavy atom. The first kappa shape index (κ1) is 14.6. The van der Waals surface area contributed by atoms with E-state index in [1.165, 1.54) is 27.8 Å². The molecule has 5 rings (SSSR count). The summed E-state index contributed by atoms with van der Waals surface area (Å²) in [6.07, 6.45) is 0. The van der Waals surface area contributed by atoms with Gasteiger partial charge in [0.1, 0.15) is 0 Å². The molecule has 3 aromatic carbocycles. The average molecular weight is 334 g/mol. The van der Waals surface area contributed by atoms with E-state index in [9.17, 15) is 0 Å². The summed E-state index contributed by atoms with van der Waals surface area (Å²) < 4.78 is 0. The summed E-state index contributed by atoms with van der Waals surface area (Å²) in [7, 11) is 0.126. The maximum Gasteiger partial charge on any atom is 0.0671 e. The molecule has 0 atom stereocenters. The summed E-state index contributed by atoms with van der Waals surface area (Å²) in [6, 6.07) is 35.5. The highest BCUT2D eigenvalue weighted by Crippen LogP contribution is 2.54. The highest BCUT2D eigenvalue weighted by molar-refractivity contribution is 6.35. The summed E-state index contributed by atoms with van der Waals surface area (Å²) in [5, 5.41) is 1.58. The van der Waals surface area contributed by atoms with Crippen molar-refractivity contribution >= 4 is 9.12 Å². The standard InChI is InChI=1S/C24H18Si/c1-3-10-18(11-4-1)24(19-12-5-2-6-13-19)22-16-8-7-14-20(22)21-15-9-17-25-23(21)24/h1-17,25H. The van der Waals surface area contributed by atoms with Crippen molar-refractivity contribution in [2.45, 2.75) is 5.41 Å². The monoisotopic (exact) mass is 334 g/mol. The molecule has 4 aromatic rings. The normalized spacial score (nSPS) is 13.9. The molecule has 0 unspecified atom stereocenters. The van der Waals surface area contributed by atoms with E-state index in [4.69, 9.17) is 0 Å². The number of hydrogen-bond acceptors (Lipinski definition) is 0. The van der Waals surface area contributed by atoms with Crippen molar-refractivity contribution in [1.29, 1.82) is 0 Å². The predicted octanol–water partition coefficient (Wildman–Crippen LogP) is 5.12. The number of benzene rings is 3. The van der Waals surface area contributed by atoms with Crippen LogP contribution in [0.4, 0.5) is 0 Å². The molecule has 0 aliphatic heterocycles. The van der Waals surface area contributed by atoms with Crippen LogP contribution in [0.3, 0.4) is 0 Å². The SMILES string of the molecule is c1ccc(C2(c3ccccc3)c3ccccc3-c3ccc[siH]c32)cc1. The fourth-order valence-electron chi connectivity index (χ4n) is 4.40. The first-order chi connectivity index (χ1) is 12.4. The van der Waals surface area contributed by atoms with Crippen LogP contribution in [-0.4, -0.2) is 9.12 Å². The van der Waals surface area contributed by atoms with Crippen molar-refractivity contribution in [2.75, 3.05) is 0 Å². The van der Waals surface area contributed by atoms with Crippen LogP contribution in [0.15, 0.2) is 103 Å². The lowest BCUT2D eigenvalue weighted by Crippen LogP contribution is -2.29. The molecule has 1 aliphatic rings. The second-order valence-electron chi connectivity index (χ2n) is 6.57. The van der Waals surface area contributed by atoms with Crippen molar-refractivity contribution in [3.63, 3.8) is 0 Å². The van der Waals surface area contributed by atoms with Crippen LogP contribution in [-0.2, 0) is 5.41 Å². The molecule has 0 nitrogen and oxygen atoms in total. The van der Waals surface area contributed by atoms with Crippen LogP contribution in [0.5, 0.6) is 0 Å². The van der Waals surface area contributed by atoms with Crippen LogP contribution in [0.1, 0.15) is 21.9 Å². The van der Waals surface area contributed by atoms with Gasteiger partial charge >= 0.3 is 0 Å². The Kier molecular flexibility index (Phi) is 3.29. The molecule has 0 bridgehead atoms. The van der Waals surface area contributed by atoms with Crippen molar-refractivity contribution < 1.29 is 0 Å². The van der Waals surface area contributed by atoms with Crippen molar-refractivity contribution in [1.82, 2.24) is 0 Å². The van der Waals surface area contributed by atoms with E-state index in [0.29, 0.717) is 0 Å². The van der Waals surface area contributed by atoms with E-state index in [0.717, 1.165) is 0 Å². The Morgan fingerprint density at radius 3 is 1.76 bits per heavy atom. The maximum absolute atomic E-state index is 2.37. The Morgan fingerprint density at radius 2 is 1.08 bits per heavy atom.